The van der Waals surface area contributed by atoms with Crippen molar-refractivity contribution >= 4 is 40.5 Å². The quantitative estimate of drug-likeness (QED) is 0.195. The van der Waals surface area contributed by atoms with E-state index in [9.17, 15) is 39.6 Å². The third-order valence-corrected chi connectivity index (χ3v) is 7.91. The summed E-state index contributed by atoms with van der Waals surface area (Å²) in [5.41, 5.74) is 2.48. The summed E-state index contributed by atoms with van der Waals surface area (Å²) < 4.78 is 0. The number of carbonyl (C=O) groups is 4. The molecule has 0 radical (unpaired) electrons. The summed E-state index contributed by atoms with van der Waals surface area (Å²) in [5.74, 6) is -7.73. The van der Waals surface area contributed by atoms with Gasteiger partial charge < -0.3 is 41.3 Å². The summed E-state index contributed by atoms with van der Waals surface area (Å²) in [5, 5.41) is 48.0. The van der Waals surface area contributed by atoms with Gasteiger partial charge in [-0.15, -0.1) is 0 Å². The molecule has 1 aromatic carbocycles. The molecule has 0 spiro atoms. The van der Waals surface area contributed by atoms with E-state index in [4.69, 9.17) is 5.73 Å². The number of ketones is 2. The van der Waals surface area contributed by atoms with Crippen molar-refractivity contribution in [3.8, 4) is 5.75 Å². The van der Waals surface area contributed by atoms with Gasteiger partial charge in [0, 0.05) is 31.3 Å². The highest BCUT2D eigenvalue weighted by atomic mass is 16.3. The molecule has 4 rings (SSSR count). The highest BCUT2D eigenvalue weighted by molar-refractivity contribution is 6.24. The molecule has 13 heteroatoms. The number of amides is 2. The van der Waals surface area contributed by atoms with Gasteiger partial charge in [-0.3, -0.25) is 24.1 Å². The molecule has 1 fully saturated rings. The van der Waals surface area contributed by atoms with Gasteiger partial charge in [0.1, 0.15) is 22.8 Å². The molecule has 2 amide bonds. The second-order valence-electron chi connectivity index (χ2n) is 11.3. The van der Waals surface area contributed by atoms with E-state index in [0.29, 0.717) is 11.3 Å². The van der Waals surface area contributed by atoms with Crippen LogP contribution in [-0.2, 0) is 25.6 Å². The number of primary amides is 1. The van der Waals surface area contributed by atoms with E-state index in [-0.39, 0.29) is 36.2 Å². The molecule has 216 valence electrons. The molecule has 4 atom stereocenters. The van der Waals surface area contributed by atoms with Crippen LogP contribution in [0.3, 0.4) is 0 Å². The summed E-state index contributed by atoms with van der Waals surface area (Å²) in [6.07, 6.45) is 0.127. The molecule has 0 aliphatic heterocycles. The molecule has 1 unspecified atom stereocenters. The Labute approximate surface area is 231 Å². The van der Waals surface area contributed by atoms with Gasteiger partial charge in [-0.1, -0.05) is 0 Å². The largest absolute Gasteiger partial charge is 0.508 e. The van der Waals surface area contributed by atoms with Crippen LogP contribution in [0.5, 0.6) is 5.75 Å². The van der Waals surface area contributed by atoms with Crippen LogP contribution in [-0.4, -0.2) is 114 Å². The zero-order chi connectivity index (χ0) is 30.0. The summed E-state index contributed by atoms with van der Waals surface area (Å²) in [6.45, 7) is 0.0233. The van der Waals surface area contributed by atoms with Gasteiger partial charge in [-0.2, -0.15) is 0 Å². The van der Waals surface area contributed by atoms with Crippen molar-refractivity contribution in [2.45, 2.75) is 24.5 Å². The van der Waals surface area contributed by atoms with E-state index in [1.807, 2.05) is 0 Å². The number of phenols is 1. The van der Waals surface area contributed by atoms with E-state index < -0.39 is 69.7 Å². The molecule has 0 bridgehead atoms. The first kappa shape index (κ1) is 29.1. The van der Waals surface area contributed by atoms with Gasteiger partial charge >= 0.3 is 0 Å². The van der Waals surface area contributed by atoms with Crippen LogP contribution in [0.4, 0.5) is 11.4 Å². The van der Waals surface area contributed by atoms with Crippen molar-refractivity contribution < 1.29 is 39.6 Å². The second-order valence-corrected chi connectivity index (χ2v) is 11.3. The van der Waals surface area contributed by atoms with Gasteiger partial charge in [0.25, 0.3) is 5.91 Å². The number of nitrogens with one attached hydrogen (secondary N) is 1. The number of phenolic OH excluding ortho intramolecular Hbond substituents is 1. The predicted molar refractivity (Wildman–Crippen MR) is 146 cm³/mol. The number of fused-ring (bicyclic) bond motifs is 3. The lowest BCUT2D eigenvalue weighted by atomic mass is 9.57. The molecule has 7 N–H and O–H groups in total. The van der Waals surface area contributed by atoms with E-state index in [1.54, 1.807) is 58.2 Å². The smallest absolute Gasteiger partial charge is 0.255 e. The van der Waals surface area contributed by atoms with E-state index >= 15 is 0 Å². The molecule has 40 heavy (non-hydrogen) atoms. The lowest BCUT2D eigenvalue weighted by Crippen LogP contribution is -2.65. The van der Waals surface area contributed by atoms with Crippen molar-refractivity contribution in [1.29, 1.82) is 0 Å². The fraction of sp³-hybridized carbons (Fsp3) is 0.481. The highest BCUT2D eigenvalue weighted by Gasteiger charge is 2.64. The second kappa shape index (κ2) is 9.91. The normalized spacial score (nSPS) is 26.1. The van der Waals surface area contributed by atoms with E-state index in [0.717, 1.165) is 0 Å². The Morgan fingerprint density at radius 2 is 1.73 bits per heavy atom. The van der Waals surface area contributed by atoms with Gasteiger partial charge in [0.05, 0.1) is 23.8 Å². The fourth-order valence-corrected chi connectivity index (χ4v) is 6.26. The van der Waals surface area contributed by atoms with Crippen LogP contribution in [0.2, 0.25) is 0 Å². The maximum Gasteiger partial charge on any atom is 0.255 e. The average Bonchev–Trinajstić information content (AvgIpc) is 2.81. The van der Waals surface area contributed by atoms with Crippen molar-refractivity contribution in [3.05, 3.63) is 34.1 Å². The zero-order valence-electron chi connectivity index (χ0n) is 23.3. The minimum Gasteiger partial charge on any atom is -0.508 e. The van der Waals surface area contributed by atoms with Gasteiger partial charge in [-0.05, 0) is 58.6 Å². The number of benzene rings is 1. The van der Waals surface area contributed by atoms with Crippen LogP contribution in [0, 0.1) is 11.8 Å². The lowest BCUT2D eigenvalue weighted by Gasteiger charge is -2.50. The topological polar surface area (TPSA) is 197 Å². The number of aliphatic hydroxyl groups excluding tert-OH is 2. The highest BCUT2D eigenvalue weighted by Crippen LogP contribution is 2.54. The Balaban J connectivity index is 1.95. The Hall–Kier alpha value is -3.94. The maximum absolute atomic E-state index is 14.0. The Morgan fingerprint density at radius 1 is 1.10 bits per heavy atom. The van der Waals surface area contributed by atoms with Crippen molar-refractivity contribution in [2.24, 2.45) is 17.6 Å². The molecule has 0 aromatic heterocycles. The number of nitrogens with two attached hydrogens (primary N) is 1. The Bertz CT molecular complexity index is 1400. The molecule has 0 heterocycles. The molecule has 1 saturated carbocycles. The van der Waals surface area contributed by atoms with Gasteiger partial charge in [0.15, 0.2) is 11.4 Å². The number of carbonyl (C=O) groups excluding carboxylic acids is 4. The number of hydrogen-bond donors (Lipinski definition) is 6. The third-order valence-electron chi connectivity index (χ3n) is 7.91. The van der Waals surface area contributed by atoms with E-state index in [2.05, 4.69) is 5.32 Å². The number of rotatable bonds is 6. The summed E-state index contributed by atoms with van der Waals surface area (Å²) in [7, 11) is 9.98. The summed E-state index contributed by atoms with van der Waals surface area (Å²) >= 11 is 0. The molecular weight excluding hydrogens is 522 g/mol. The number of likely N-dealkylation sites (N-methyl/N-ethyl adjacent to an activating group) is 2. The monoisotopic (exact) mass is 557 g/mol. The first-order chi connectivity index (χ1) is 18.5. The fourth-order valence-electron chi connectivity index (χ4n) is 6.26. The van der Waals surface area contributed by atoms with Crippen molar-refractivity contribution in [1.82, 2.24) is 9.80 Å². The number of nitrogens with zero attached hydrogens (tertiary/aromatic N) is 3. The minimum atomic E-state index is -2.72. The number of hydrogen-bond acceptors (Lipinski definition) is 11. The predicted octanol–water partition coefficient (Wildman–Crippen LogP) is -0.470. The van der Waals surface area contributed by atoms with Gasteiger partial charge in [0.2, 0.25) is 11.7 Å². The first-order valence-electron chi connectivity index (χ1n) is 12.7. The molecule has 3 aliphatic rings. The minimum absolute atomic E-state index is 0.00874. The first-order valence-corrected chi connectivity index (χ1v) is 12.7. The van der Waals surface area contributed by atoms with Gasteiger partial charge in [-0.25, -0.2) is 0 Å². The molecule has 13 nitrogen and oxygen atoms in total. The van der Waals surface area contributed by atoms with Crippen LogP contribution >= 0.6 is 0 Å². The third kappa shape index (κ3) is 4.21. The van der Waals surface area contributed by atoms with Crippen LogP contribution in [0.1, 0.15) is 17.5 Å². The number of aromatic hydroxyl groups is 1. The molecule has 0 saturated heterocycles. The number of aliphatic hydroxyl groups is 3. The lowest BCUT2D eigenvalue weighted by molar-refractivity contribution is -0.153. The summed E-state index contributed by atoms with van der Waals surface area (Å²) in [4.78, 5) is 56.6. The molecule has 3 aliphatic carbocycles. The van der Waals surface area contributed by atoms with Crippen LogP contribution < -0.4 is 16.0 Å². The van der Waals surface area contributed by atoms with Crippen molar-refractivity contribution in [2.75, 3.05) is 59.0 Å². The Morgan fingerprint density at radius 3 is 2.25 bits per heavy atom. The molecular formula is C27H35N5O8. The molecule has 1 aromatic rings. The van der Waals surface area contributed by atoms with Crippen LogP contribution in [0.25, 0.3) is 5.76 Å². The SMILES string of the molecule is CN(C)CC(=O)Nc1cc(N(C)C)c2c(c1O)C(O)=C1C(=O)[C@]3(O)C(O)=C(C(N)=O)C(=O)[C@@H](N(C)C)[C@@H]3CC1C2. The van der Waals surface area contributed by atoms with Crippen molar-refractivity contribution in [3.63, 3.8) is 0 Å². The Kier molecular flexibility index (Phi) is 7.20. The maximum atomic E-state index is 14.0. The van der Waals surface area contributed by atoms with E-state index in [1.165, 1.54) is 4.90 Å². The summed E-state index contributed by atoms with van der Waals surface area (Å²) in [6, 6.07) is 0.412. The van der Waals surface area contributed by atoms with Crippen LogP contribution in [0.15, 0.2) is 23.0 Å². The zero-order valence-corrected chi connectivity index (χ0v) is 23.3. The average molecular weight is 558 g/mol. The number of Topliss-reactive ketones (excluding diaryl/α,β-unsaturated/α-hetero) is 2. The number of anilines is 2. The standard InChI is InChI=1S/C27H35N5O8/c1-30(2)10-16(33)29-14-9-15(31(3)4)12-7-11-8-13-20(32(5)6)23(36)19(26(28)39)25(38)27(13,40)24(37)17(11)22(35)18(12)21(14)34/h9,11,13,20,34-35,38,40H,7-8,10H2,1-6H3,(H2,28,39)(H,29,33)/t11?,13-,20-,27-/m0/s1.